The highest BCUT2D eigenvalue weighted by atomic mass is 15.1. The SMILES string of the molecule is CCN(c1ccc(C)cc1)c1ccnc(CNC(C)C)c1. The van der Waals surface area contributed by atoms with Crippen LogP contribution in [-0.4, -0.2) is 17.6 Å². The van der Waals surface area contributed by atoms with E-state index in [1.54, 1.807) is 0 Å². The molecule has 21 heavy (non-hydrogen) atoms. The molecule has 2 rings (SSSR count). The van der Waals surface area contributed by atoms with E-state index in [4.69, 9.17) is 0 Å². The fourth-order valence-electron chi connectivity index (χ4n) is 2.28. The molecule has 0 unspecified atom stereocenters. The van der Waals surface area contributed by atoms with Crippen LogP contribution in [0, 0.1) is 6.92 Å². The lowest BCUT2D eigenvalue weighted by molar-refractivity contribution is 0.581. The molecule has 0 saturated heterocycles. The zero-order chi connectivity index (χ0) is 15.2. The lowest BCUT2D eigenvalue weighted by Gasteiger charge is -2.24. The van der Waals surface area contributed by atoms with Crippen molar-refractivity contribution >= 4 is 11.4 Å². The van der Waals surface area contributed by atoms with E-state index in [0.29, 0.717) is 6.04 Å². The Hall–Kier alpha value is -1.87. The summed E-state index contributed by atoms with van der Waals surface area (Å²) in [5.74, 6) is 0. The van der Waals surface area contributed by atoms with Crippen LogP contribution in [0.15, 0.2) is 42.6 Å². The second kappa shape index (κ2) is 7.23. The van der Waals surface area contributed by atoms with Crippen molar-refractivity contribution in [1.82, 2.24) is 10.3 Å². The maximum Gasteiger partial charge on any atom is 0.0562 e. The number of nitrogens with one attached hydrogen (secondary N) is 1. The molecule has 1 aromatic heterocycles. The molecule has 0 fully saturated rings. The van der Waals surface area contributed by atoms with Crippen LogP contribution in [0.3, 0.4) is 0 Å². The van der Waals surface area contributed by atoms with Crippen molar-refractivity contribution in [2.45, 2.75) is 40.3 Å². The van der Waals surface area contributed by atoms with Crippen molar-refractivity contribution in [2.75, 3.05) is 11.4 Å². The van der Waals surface area contributed by atoms with Crippen LogP contribution >= 0.6 is 0 Å². The number of benzene rings is 1. The van der Waals surface area contributed by atoms with Crippen molar-refractivity contribution < 1.29 is 0 Å². The Morgan fingerprint density at radius 2 is 1.81 bits per heavy atom. The maximum absolute atomic E-state index is 4.45. The highest BCUT2D eigenvalue weighted by molar-refractivity contribution is 5.63. The third-order valence-electron chi connectivity index (χ3n) is 3.47. The van der Waals surface area contributed by atoms with E-state index in [1.165, 1.54) is 16.9 Å². The summed E-state index contributed by atoms with van der Waals surface area (Å²) in [5, 5.41) is 3.41. The van der Waals surface area contributed by atoms with Gasteiger partial charge in [-0.25, -0.2) is 0 Å². The quantitative estimate of drug-likeness (QED) is 0.867. The monoisotopic (exact) mass is 283 g/mol. The van der Waals surface area contributed by atoms with E-state index in [1.807, 2.05) is 6.20 Å². The Bertz CT molecular complexity index is 561. The summed E-state index contributed by atoms with van der Waals surface area (Å²) in [6.45, 7) is 10.3. The Kier molecular flexibility index (Phi) is 5.34. The molecular weight excluding hydrogens is 258 g/mol. The summed E-state index contributed by atoms with van der Waals surface area (Å²) >= 11 is 0. The molecule has 0 aliphatic carbocycles. The van der Waals surface area contributed by atoms with E-state index in [2.05, 4.69) is 79.3 Å². The highest BCUT2D eigenvalue weighted by Gasteiger charge is 2.08. The number of hydrogen-bond donors (Lipinski definition) is 1. The second-order valence-electron chi connectivity index (χ2n) is 5.62. The lowest BCUT2D eigenvalue weighted by atomic mass is 10.2. The predicted molar refractivity (Wildman–Crippen MR) is 90.1 cm³/mol. The van der Waals surface area contributed by atoms with E-state index in [0.717, 1.165) is 18.8 Å². The van der Waals surface area contributed by atoms with Gasteiger partial charge in [0.25, 0.3) is 0 Å². The summed E-state index contributed by atoms with van der Waals surface area (Å²) in [4.78, 5) is 6.75. The molecular formula is C18H25N3. The average molecular weight is 283 g/mol. The first-order valence-electron chi connectivity index (χ1n) is 7.62. The maximum atomic E-state index is 4.45. The summed E-state index contributed by atoms with van der Waals surface area (Å²) in [7, 11) is 0. The Morgan fingerprint density at radius 3 is 2.43 bits per heavy atom. The van der Waals surface area contributed by atoms with Crippen LogP contribution in [0.25, 0.3) is 0 Å². The molecule has 1 aromatic carbocycles. The molecule has 0 amide bonds. The molecule has 3 heteroatoms. The first-order valence-corrected chi connectivity index (χ1v) is 7.62. The van der Waals surface area contributed by atoms with E-state index >= 15 is 0 Å². The molecule has 0 bridgehead atoms. The molecule has 0 saturated carbocycles. The van der Waals surface area contributed by atoms with Gasteiger partial charge in [0.1, 0.15) is 0 Å². The van der Waals surface area contributed by atoms with Crippen molar-refractivity contribution in [3.05, 3.63) is 53.9 Å². The summed E-state index contributed by atoms with van der Waals surface area (Å²) in [6, 6.07) is 13.4. The summed E-state index contributed by atoms with van der Waals surface area (Å²) in [5.41, 5.74) is 4.77. The molecule has 0 aliphatic rings. The number of rotatable bonds is 6. The minimum atomic E-state index is 0.467. The van der Waals surface area contributed by atoms with Crippen molar-refractivity contribution in [3.8, 4) is 0 Å². The van der Waals surface area contributed by atoms with Gasteiger partial charge in [-0.1, -0.05) is 31.5 Å². The minimum Gasteiger partial charge on any atom is -0.342 e. The molecule has 3 nitrogen and oxygen atoms in total. The molecule has 112 valence electrons. The molecule has 0 spiro atoms. The van der Waals surface area contributed by atoms with Gasteiger partial charge in [0.2, 0.25) is 0 Å². The zero-order valence-corrected chi connectivity index (χ0v) is 13.4. The van der Waals surface area contributed by atoms with E-state index in [9.17, 15) is 0 Å². The van der Waals surface area contributed by atoms with Crippen LogP contribution in [-0.2, 0) is 6.54 Å². The van der Waals surface area contributed by atoms with Gasteiger partial charge in [0, 0.05) is 36.7 Å². The number of anilines is 2. The Morgan fingerprint density at radius 1 is 1.10 bits per heavy atom. The number of aryl methyl sites for hydroxylation is 1. The fraction of sp³-hybridized carbons (Fsp3) is 0.389. The predicted octanol–water partition coefficient (Wildman–Crippen LogP) is 4.05. The molecule has 1 N–H and O–H groups in total. The van der Waals surface area contributed by atoms with Gasteiger partial charge in [0.15, 0.2) is 0 Å². The van der Waals surface area contributed by atoms with Gasteiger partial charge >= 0.3 is 0 Å². The number of nitrogens with zero attached hydrogens (tertiary/aromatic N) is 2. The topological polar surface area (TPSA) is 28.2 Å². The molecule has 1 heterocycles. The molecule has 0 radical (unpaired) electrons. The smallest absolute Gasteiger partial charge is 0.0562 e. The Balaban J connectivity index is 2.21. The van der Waals surface area contributed by atoms with E-state index in [-0.39, 0.29) is 0 Å². The first kappa shape index (κ1) is 15.5. The standard InChI is InChI=1S/C18H25N3/c1-5-21(17-8-6-15(4)7-9-17)18-10-11-19-16(12-18)13-20-14(2)3/h6-12,14,20H,5,13H2,1-4H3. The third kappa shape index (κ3) is 4.30. The largest absolute Gasteiger partial charge is 0.342 e. The second-order valence-corrected chi connectivity index (χ2v) is 5.62. The number of hydrogen-bond acceptors (Lipinski definition) is 3. The third-order valence-corrected chi connectivity index (χ3v) is 3.47. The van der Waals surface area contributed by atoms with Crippen LogP contribution in [0.5, 0.6) is 0 Å². The minimum absolute atomic E-state index is 0.467. The van der Waals surface area contributed by atoms with Gasteiger partial charge < -0.3 is 10.2 Å². The van der Waals surface area contributed by atoms with Gasteiger partial charge in [0.05, 0.1) is 5.69 Å². The van der Waals surface area contributed by atoms with E-state index < -0.39 is 0 Å². The van der Waals surface area contributed by atoms with Gasteiger partial charge in [-0.2, -0.15) is 0 Å². The van der Waals surface area contributed by atoms with Crippen LogP contribution in [0.1, 0.15) is 32.0 Å². The zero-order valence-electron chi connectivity index (χ0n) is 13.4. The summed E-state index contributed by atoms with van der Waals surface area (Å²) < 4.78 is 0. The van der Waals surface area contributed by atoms with Crippen molar-refractivity contribution in [3.63, 3.8) is 0 Å². The Labute approximate surface area is 128 Å². The fourth-order valence-corrected chi connectivity index (χ4v) is 2.28. The van der Waals surface area contributed by atoms with Crippen LogP contribution in [0.2, 0.25) is 0 Å². The average Bonchev–Trinajstić information content (AvgIpc) is 2.48. The lowest BCUT2D eigenvalue weighted by Crippen LogP contribution is -2.23. The summed E-state index contributed by atoms with van der Waals surface area (Å²) in [6.07, 6.45) is 1.89. The van der Waals surface area contributed by atoms with Gasteiger partial charge in [-0.15, -0.1) is 0 Å². The van der Waals surface area contributed by atoms with Crippen LogP contribution in [0.4, 0.5) is 11.4 Å². The normalized spacial score (nSPS) is 10.9. The molecule has 0 aliphatic heterocycles. The van der Waals surface area contributed by atoms with Gasteiger partial charge in [-0.3, -0.25) is 4.98 Å². The highest BCUT2D eigenvalue weighted by Crippen LogP contribution is 2.25. The van der Waals surface area contributed by atoms with Gasteiger partial charge in [-0.05, 0) is 38.1 Å². The number of pyridine rings is 1. The first-order chi connectivity index (χ1) is 10.1. The van der Waals surface area contributed by atoms with Crippen LogP contribution < -0.4 is 10.2 Å². The van der Waals surface area contributed by atoms with Crippen molar-refractivity contribution in [2.24, 2.45) is 0 Å². The molecule has 0 atom stereocenters. The molecule has 2 aromatic rings. The van der Waals surface area contributed by atoms with Crippen molar-refractivity contribution in [1.29, 1.82) is 0 Å². The number of aromatic nitrogens is 1.